The zero-order valence-electron chi connectivity index (χ0n) is 8.07. The highest BCUT2D eigenvalue weighted by atomic mass is 32.2. The topological polar surface area (TPSA) is 60.2 Å². The molecular formula is C9H11F2NO2S. The monoisotopic (exact) mass is 235 g/mol. The molecule has 0 bridgehead atoms. The van der Waals surface area contributed by atoms with Crippen molar-refractivity contribution in [3.05, 3.63) is 35.4 Å². The molecule has 0 aliphatic rings. The largest absolute Gasteiger partial charge is 0.229 e. The first-order valence-corrected chi connectivity index (χ1v) is 5.96. The van der Waals surface area contributed by atoms with E-state index in [4.69, 9.17) is 5.14 Å². The van der Waals surface area contributed by atoms with Gasteiger partial charge in [0.2, 0.25) is 10.0 Å². The quantitative estimate of drug-likeness (QED) is 0.859. The van der Waals surface area contributed by atoms with Gasteiger partial charge in [0.05, 0.1) is 5.75 Å². The minimum Gasteiger partial charge on any atom is -0.229 e. The van der Waals surface area contributed by atoms with Crippen molar-refractivity contribution in [2.24, 2.45) is 5.14 Å². The first-order chi connectivity index (χ1) is 6.79. The van der Waals surface area contributed by atoms with E-state index in [9.17, 15) is 17.2 Å². The van der Waals surface area contributed by atoms with Gasteiger partial charge in [-0.15, -0.1) is 0 Å². The highest BCUT2D eigenvalue weighted by molar-refractivity contribution is 7.89. The fourth-order valence-electron chi connectivity index (χ4n) is 1.34. The van der Waals surface area contributed by atoms with Crippen LogP contribution in [0.2, 0.25) is 0 Å². The van der Waals surface area contributed by atoms with Gasteiger partial charge in [-0.2, -0.15) is 0 Å². The molecule has 1 rings (SSSR count). The SMILES string of the molecule is C[C@@H](CS(N)(=O)=O)c1ccc(F)cc1F. The third kappa shape index (κ3) is 3.56. The average molecular weight is 235 g/mol. The predicted molar refractivity (Wildman–Crippen MR) is 52.7 cm³/mol. The Balaban J connectivity index is 2.97. The van der Waals surface area contributed by atoms with Crippen LogP contribution >= 0.6 is 0 Å². The minimum absolute atomic E-state index is 0.144. The molecule has 0 saturated carbocycles. The molecule has 0 aromatic heterocycles. The molecule has 0 aliphatic heterocycles. The summed E-state index contributed by atoms with van der Waals surface area (Å²) in [5.41, 5.74) is 0.144. The van der Waals surface area contributed by atoms with Crippen LogP contribution in [0.5, 0.6) is 0 Å². The Morgan fingerprint density at radius 3 is 2.47 bits per heavy atom. The van der Waals surface area contributed by atoms with Crippen LogP contribution in [0.4, 0.5) is 8.78 Å². The fraction of sp³-hybridized carbons (Fsp3) is 0.333. The number of primary sulfonamides is 1. The van der Waals surface area contributed by atoms with Crippen molar-refractivity contribution in [3.63, 3.8) is 0 Å². The highest BCUT2D eigenvalue weighted by Crippen LogP contribution is 2.20. The van der Waals surface area contributed by atoms with Crippen molar-refractivity contribution in [2.45, 2.75) is 12.8 Å². The van der Waals surface area contributed by atoms with E-state index in [1.807, 2.05) is 0 Å². The molecule has 84 valence electrons. The van der Waals surface area contributed by atoms with E-state index in [0.29, 0.717) is 0 Å². The van der Waals surface area contributed by atoms with Gasteiger partial charge in [-0.25, -0.2) is 22.3 Å². The molecule has 0 fully saturated rings. The molecule has 0 aliphatic carbocycles. The third-order valence-corrected chi connectivity index (χ3v) is 2.94. The van der Waals surface area contributed by atoms with E-state index in [1.165, 1.54) is 13.0 Å². The van der Waals surface area contributed by atoms with Crippen LogP contribution in [0.3, 0.4) is 0 Å². The van der Waals surface area contributed by atoms with E-state index >= 15 is 0 Å². The Kier molecular flexibility index (Phi) is 3.41. The van der Waals surface area contributed by atoms with Crippen molar-refractivity contribution in [2.75, 3.05) is 5.75 Å². The van der Waals surface area contributed by atoms with Gasteiger partial charge in [0, 0.05) is 6.07 Å². The van der Waals surface area contributed by atoms with E-state index in [-0.39, 0.29) is 11.3 Å². The number of sulfonamides is 1. The summed E-state index contributed by atoms with van der Waals surface area (Å²) >= 11 is 0. The number of rotatable bonds is 3. The van der Waals surface area contributed by atoms with Crippen molar-refractivity contribution in [3.8, 4) is 0 Å². The number of benzene rings is 1. The van der Waals surface area contributed by atoms with Crippen LogP contribution in [0.1, 0.15) is 18.4 Å². The van der Waals surface area contributed by atoms with Gasteiger partial charge in [0.15, 0.2) is 0 Å². The summed E-state index contributed by atoms with van der Waals surface area (Å²) in [6.45, 7) is 1.51. The molecule has 1 aromatic carbocycles. The number of halogens is 2. The van der Waals surface area contributed by atoms with Gasteiger partial charge in [-0.05, 0) is 17.5 Å². The van der Waals surface area contributed by atoms with E-state index in [0.717, 1.165) is 12.1 Å². The Bertz CT molecular complexity index is 459. The van der Waals surface area contributed by atoms with E-state index < -0.39 is 27.6 Å². The summed E-state index contributed by atoms with van der Waals surface area (Å²) in [5.74, 6) is -2.42. The summed E-state index contributed by atoms with van der Waals surface area (Å²) < 4.78 is 47.3. The second kappa shape index (κ2) is 4.24. The van der Waals surface area contributed by atoms with Gasteiger partial charge in [-0.3, -0.25) is 0 Å². The molecule has 3 nitrogen and oxygen atoms in total. The molecular weight excluding hydrogens is 224 g/mol. The number of nitrogens with two attached hydrogens (primary N) is 1. The first kappa shape index (κ1) is 12.1. The van der Waals surface area contributed by atoms with Crippen LogP contribution in [-0.2, 0) is 10.0 Å². The molecule has 0 saturated heterocycles. The summed E-state index contributed by atoms with van der Waals surface area (Å²) in [6, 6.07) is 3.02. The lowest BCUT2D eigenvalue weighted by Gasteiger charge is -2.11. The van der Waals surface area contributed by atoms with Gasteiger partial charge in [0.1, 0.15) is 11.6 Å². The Morgan fingerprint density at radius 2 is 2.00 bits per heavy atom. The zero-order valence-corrected chi connectivity index (χ0v) is 8.89. The second-order valence-electron chi connectivity index (χ2n) is 3.40. The van der Waals surface area contributed by atoms with Crippen LogP contribution in [0, 0.1) is 11.6 Å². The fourth-order valence-corrected chi connectivity index (χ4v) is 2.22. The smallest absolute Gasteiger partial charge is 0.209 e. The second-order valence-corrected chi connectivity index (χ2v) is 5.06. The van der Waals surface area contributed by atoms with Crippen LogP contribution in [-0.4, -0.2) is 14.2 Å². The summed E-state index contributed by atoms with van der Waals surface area (Å²) in [6.07, 6.45) is 0. The molecule has 2 N–H and O–H groups in total. The molecule has 0 unspecified atom stereocenters. The molecule has 0 spiro atoms. The Labute approximate surface area is 87.0 Å². The molecule has 1 atom stereocenters. The molecule has 0 radical (unpaired) electrons. The molecule has 1 aromatic rings. The van der Waals surface area contributed by atoms with E-state index in [1.54, 1.807) is 0 Å². The van der Waals surface area contributed by atoms with Gasteiger partial charge < -0.3 is 0 Å². The van der Waals surface area contributed by atoms with Crippen molar-refractivity contribution < 1.29 is 17.2 Å². The predicted octanol–water partition coefficient (Wildman–Crippen LogP) is 1.36. The number of hydrogen-bond acceptors (Lipinski definition) is 2. The van der Waals surface area contributed by atoms with Crippen LogP contribution in [0.15, 0.2) is 18.2 Å². The van der Waals surface area contributed by atoms with Crippen LogP contribution in [0.25, 0.3) is 0 Å². The van der Waals surface area contributed by atoms with Crippen molar-refractivity contribution >= 4 is 10.0 Å². The normalized spacial score (nSPS) is 13.9. The summed E-state index contributed by atoms with van der Waals surface area (Å²) in [7, 11) is -3.66. The highest BCUT2D eigenvalue weighted by Gasteiger charge is 2.16. The average Bonchev–Trinajstić information content (AvgIpc) is 1.99. The maximum absolute atomic E-state index is 13.2. The zero-order chi connectivity index (χ0) is 11.6. The lowest BCUT2D eigenvalue weighted by atomic mass is 10.0. The lowest BCUT2D eigenvalue weighted by Crippen LogP contribution is -2.21. The maximum Gasteiger partial charge on any atom is 0.209 e. The van der Waals surface area contributed by atoms with Gasteiger partial charge in [0.25, 0.3) is 0 Å². The standard InChI is InChI=1S/C9H11F2NO2S/c1-6(5-15(12,13)14)8-3-2-7(10)4-9(8)11/h2-4,6H,5H2,1H3,(H2,12,13,14)/t6-/m0/s1. The van der Waals surface area contributed by atoms with Gasteiger partial charge >= 0.3 is 0 Å². The maximum atomic E-state index is 13.2. The Hall–Kier alpha value is -1.01. The van der Waals surface area contributed by atoms with Crippen molar-refractivity contribution in [1.82, 2.24) is 0 Å². The minimum atomic E-state index is -3.66. The number of hydrogen-bond donors (Lipinski definition) is 1. The molecule has 6 heteroatoms. The first-order valence-electron chi connectivity index (χ1n) is 4.25. The molecule has 0 amide bonds. The van der Waals surface area contributed by atoms with Crippen LogP contribution < -0.4 is 5.14 Å². The molecule has 0 heterocycles. The third-order valence-electron chi connectivity index (χ3n) is 1.98. The lowest BCUT2D eigenvalue weighted by molar-refractivity contribution is 0.561. The van der Waals surface area contributed by atoms with Gasteiger partial charge in [-0.1, -0.05) is 13.0 Å². The van der Waals surface area contributed by atoms with Crippen molar-refractivity contribution in [1.29, 1.82) is 0 Å². The Morgan fingerprint density at radius 1 is 1.40 bits per heavy atom. The summed E-state index contributed by atoms with van der Waals surface area (Å²) in [4.78, 5) is 0. The van der Waals surface area contributed by atoms with E-state index in [2.05, 4.69) is 0 Å². The summed E-state index contributed by atoms with van der Waals surface area (Å²) in [5, 5.41) is 4.83. The molecule has 15 heavy (non-hydrogen) atoms.